The van der Waals surface area contributed by atoms with Gasteiger partial charge in [0.25, 0.3) is 0 Å². The maximum Gasteiger partial charge on any atom is 0.244 e. The first-order valence-corrected chi connectivity index (χ1v) is 15.2. The highest BCUT2D eigenvalue weighted by Gasteiger charge is 2.33. The highest BCUT2D eigenvalue weighted by atomic mass is 35.5. The zero-order chi connectivity index (χ0) is 27.2. The lowest BCUT2D eigenvalue weighted by Crippen LogP contribution is -2.54. The summed E-state index contributed by atoms with van der Waals surface area (Å²) in [5, 5.41) is 3.94. The molecule has 1 fully saturated rings. The lowest BCUT2D eigenvalue weighted by atomic mass is 9.95. The SMILES string of the molecule is CCC(C(=O)NC1CCCCC1)N(Cc1ccc(Cl)cc1Cl)C(=O)CN(c1cccc(C)c1)S(C)(=O)=O. The van der Waals surface area contributed by atoms with Gasteiger partial charge >= 0.3 is 0 Å². The van der Waals surface area contributed by atoms with E-state index in [1.165, 1.54) is 4.90 Å². The number of amides is 2. The van der Waals surface area contributed by atoms with E-state index in [1.807, 2.05) is 19.9 Å². The molecule has 0 aromatic heterocycles. The third kappa shape index (κ3) is 8.09. The van der Waals surface area contributed by atoms with Gasteiger partial charge in [-0.05, 0) is 61.6 Å². The van der Waals surface area contributed by atoms with E-state index >= 15 is 0 Å². The lowest BCUT2D eigenvalue weighted by Gasteiger charge is -2.34. The van der Waals surface area contributed by atoms with Crippen LogP contribution >= 0.6 is 23.2 Å². The number of aryl methyl sites for hydroxylation is 1. The van der Waals surface area contributed by atoms with Crippen LogP contribution in [0, 0.1) is 6.92 Å². The lowest BCUT2D eigenvalue weighted by molar-refractivity contribution is -0.140. The Morgan fingerprint density at radius 1 is 1.08 bits per heavy atom. The van der Waals surface area contributed by atoms with Gasteiger partial charge in [-0.2, -0.15) is 0 Å². The van der Waals surface area contributed by atoms with Crippen molar-refractivity contribution in [1.29, 1.82) is 0 Å². The van der Waals surface area contributed by atoms with E-state index in [0.717, 1.165) is 48.2 Å². The predicted octanol–water partition coefficient (Wildman–Crippen LogP) is 5.32. The summed E-state index contributed by atoms with van der Waals surface area (Å²) in [5.41, 5.74) is 1.87. The van der Waals surface area contributed by atoms with E-state index in [0.29, 0.717) is 27.7 Å². The fraction of sp³-hybridized carbons (Fsp3) is 0.481. The van der Waals surface area contributed by atoms with Crippen molar-refractivity contribution < 1.29 is 18.0 Å². The van der Waals surface area contributed by atoms with Gasteiger partial charge in [0.05, 0.1) is 11.9 Å². The van der Waals surface area contributed by atoms with Crippen molar-refractivity contribution >= 4 is 50.7 Å². The summed E-state index contributed by atoms with van der Waals surface area (Å²) in [5.74, 6) is -0.738. The van der Waals surface area contributed by atoms with Gasteiger partial charge in [0.2, 0.25) is 21.8 Å². The molecule has 37 heavy (non-hydrogen) atoms. The molecule has 1 aliphatic carbocycles. The Hall–Kier alpha value is -2.29. The molecule has 0 bridgehead atoms. The van der Waals surface area contributed by atoms with Crippen molar-refractivity contribution in [2.75, 3.05) is 17.1 Å². The third-order valence-corrected chi connectivity index (χ3v) is 8.39. The second-order valence-electron chi connectivity index (χ2n) is 9.63. The van der Waals surface area contributed by atoms with Crippen molar-refractivity contribution in [2.45, 2.75) is 71.0 Å². The number of anilines is 1. The maximum atomic E-state index is 13.8. The minimum absolute atomic E-state index is 0.0385. The highest BCUT2D eigenvalue weighted by Crippen LogP contribution is 2.25. The van der Waals surface area contributed by atoms with Crippen LogP contribution in [0.25, 0.3) is 0 Å². The molecule has 0 saturated heterocycles. The number of sulfonamides is 1. The molecule has 2 aromatic carbocycles. The minimum Gasteiger partial charge on any atom is -0.352 e. The van der Waals surface area contributed by atoms with Crippen LogP contribution in [-0.2, 0) is 26.2 Å². The van der Waals surface area contributed by atoms with Gasteiger partial charge in [-0.15, -0.1) is 0 Å². The molecule has 0 radical (unpaired) electrons. The van der Waals surface area contributed by atoms with E-state index in [9.17, 15) is 18.0 Å². The summed E-state index contributed by atoms with van der Waals surface area (Å²) >= 11 is 12.5. The van der Waals surface area contributed by atoms with Crippen LogP contribution in [0.1, 0.15) is 56.6 Å². The number of hydrogen-bond acceptors (Lipinski definition) is 4. The standard InChI is InChI=1S/C27H35Cl2N3O4S/c1-4-25(27(34)30-22-10-6-5-7-11-22)31(17-20-13-14-21(28)16-24(20)29)26(33)18-32(37(3,35)36)23-12-8-9-19(2)15-23/h8-9,12-16,22,25H,4-7,10-11,17-18H2,1-3H3,(H,30,34). The Kier molecular flexibility index (Phi) is 10.3. The molecule has 10 heteroatoms. The van der Waals surface area contributed by atoms with Gasteiger partial charge < -0.3 is 10.2 Å². The summed E-state index contributed by atoms with van der Waals surface area (Å²) in [4.78, 5) is 28.7. The molecule has 7 nitrogen and oxygen atoms in total. The quantitative estimate of drug-likeness (QED) is 0.420. The van der Waals surface area contributed by atoms with Crippen LogP contribution in [0.3, 0.4) is 0 Å². The van der Waals surface area contributed by atoms with E-state index in [-0.39, 0.29) is 18.5 Å². The number of nitrogens with one attached hydrogen (secondary N) is 1. The van der Waals surface area contributed by atoms with Gasteiger partial charge in [-0.1, -0.05) is 67.6 Å². The Balaban J connectivity index is 1.94. The molecule has 2 aromatic rings. The molecular formula is C27H35Cl2N3O4S. The molecule has 0 aliphatic heterocycles. The Morgan fingerprint density at radius 2 is 1.78 bits per heavy atom. The first kappa shape index (κ1) is 29.3. The fourth-order valence-electron chi connectivity index (χ4n) is 4.69. The summed E-state index contributed by atoms with van der Waals surface area (Å²) in [7, 11) is -3.78. The normalized spacial score (nSPS) is 15.2. The maximum absolute atomic E-state index is 13.8. The molecular weight excluding hydrogens is 533 g/mol. The van der Waals surface area contributed by atoms with E-state index < -0.39 is 28.5 Å². The minimum atomic E-state index is -3.78. The second kappa shape index (κ2) is 13.0. The predicted molar refractivity (Wildman–Crippen MR) is 149 cm³/mol. The van der Waals surface area contributed by atoms with E-state index in [2.05, 4.69) is 5.32 Å². The number of hydrogen-bond donors (Lipinski definition) is 1. The largest absolute Gasteiger partial charge is 0.352 e. The van der Waals surface area contributed by atoms with Gasteiger partial charge in [-0.25, -0.2) is 8.42 Å². The summed E-state index contributed by atoms with van der Waals surface area (Å²) in [6.45, 7) is 3.28. The number of halogens is 2. The Labute approximate surface area is 230 Å². The molecule has 1 unspecified atom stereocenters. The van der Waals surface area contributed by atoms with Crippen molar-refractivity contribution in [3.05, 3.63) is 63.6 Å². The Morgan fingerprint density at radius 3 is 2.38 bits per heavy atom. The molecule has 1 atom stereocenters. The van der Waals surface area contributed by atoms with Crippen molar-refractivity contribution in [2.24, 2.45) is 0 Å². The van der Waals surface area contributed by atoms with Crippen LogP contribution in [0.5, 0.6) is 0 Å². The van der Waals surface area contributed by atoms with Crippen LogP contribution in [0.15, 0.2) is 42.5 Å². The highest BCUT2D eigenvalue weighted by molar-refractivity contribution is 7.92. The number of carbonyl (C=O) groups excluding carboxylic acids is 2. The second-order valence-corrected chi connectivity index (χ2v) is 12.4. The first-order chi connectivity index (χ1) is 17.5. The fourth-order valence-corrected chi connectivity index (χ4v) is 6.00. The number of carbonyl (C=O) groups is 2. The van der Waals surface area contributed by atoms with Gasteiger partial charge in [-0.3, -0.25) is 13.9 Å². The monoisotopic (exact) mass is 567 g/mol. The summed E-state index contributed by atoms with van der Waals surface area (Å²) < 4.78 is 26.5. The van der Waals surface area contributed by atoms with Crippen molar-refractivity contribution in [3.8, 4) is 0 Å². The van der Waals surface area contributed by atoms with Crippen LogP contribution in [0.2, 0.25) is 10.0 Å². The van der Waals surface area contributed by atoms with Crippen molar-refractivity contribution in [3.63, 3.8) is 0 Å². The first-order valence-electron chi connectivity index (χ1n) is 12.6. The number of benzene rings is 2. The summed E-state index contributed by atoms with van der Waals surface area (Å²) in [6.07, 6.45) is 6.52. The molecule has 1 saturated carbocycles. The average Bonchev–Trinajstić information content (AvgIpc) is 2.83. The van der Waals surface area contributed by atoms with Crippen LogP contribution in [0.4, 0.5) is 5.69 Å². The summed E-state index contributed by atoms with van der Waals surface area (Å²) in [6, 6.07) is 11.2. The molecule has 202 valence electrons. The smallest absolute Gasteiger partial charge is 0.244 e. The zero-order valence-electron chi connectivity index (χ0n) is 21.5. The molecule has 1 N–H and O–H groups in total. The van der Waals surface area contributed by atoms with E-state index in [4.69, 9.17) is 23.2 Å². The molecule has 0 heterocycles. The molecule has 0 spiro atoms. The van der Waals surface area contributed by atoms with Gasteiger partial charge in [0.1, 0.15) is 12.6 Å². The number of rotatable bonds is 10. The molecule has 3 rings (SSSR count). The topological polar surface area (TPSA) is 86.8 Å². The molecule has 1 aliphatic rings. The number of nitrogens with zero attached hydrogens (tertiary/aromatic N) is 2. The molecule has 2 amide bonds. The van der Waals surface area contributed by atoms with Crippen LogP contribution < -0.4 is 9.62 Å². The van der Waals surface area contributed by atoms with Gasteiger partial charge in [0, 0.05) is 22.6 Å². The zero-order valence-corrected chi connectivity index (χ0v) is 23.9. The average molecular weight is 569 g/mol. The third-order valence-electron chi connectivity index (χ3n) is 6.66. The Bertz CT molecular complexity index is 1220. The van der Waals surface area contributed by atoms with Crippen LogP contribution in [-0.4, -0.2) is 50.0 Å². The van der Waals surface area contributed by atoms with Gasteiger partial charge in [0.15, 0.2) is 0 Å². The van der Waals surface area contributed by atoms with Crippen molar-refractivity contribution in [1.82, 2.24) is 10.2 Å². The van der Waals surface area contributed by atoms with E-state index in [1.54, 1.807) is 36.4 Å².